The van der Waals surface area contributed by atoms with Gasteiger partial charge in [-0.3, -0.25) is 4.79 Å². The van der Waals surface area contributed by atoms with Crippen molar-refractivity contribution >= 4 is 17.1 Å². The number of hydrogen-bond acceptors (Lipinski definition) is 6. The fraction of sp³-hybridized carbons (Fsp3) is 0.548. The maximum atomic E-state index is 12.8. The van der Waals surface area contributed by atoms with Gasteiger partial charge in [0.1, 0.15) is 0 Å². The lowest BCUT2D eigenvalue weighted by Gasteiger charge is -2.42. The highest BCUT2D eigenvalue weighted by atomic mass is 16.5. The molecule has 2 saturated heterocycles. The van der Waals surface area contributed by atoms with Crippen LogP contribution in [-0.2, 0) is 15.1 Å². The van der Waals surface area contributed by atoms with E-state index in [-0.39, 0.29) is 23.5 Å². The maximum Gasteiger partial charge on any atom is 0.225 e. The third-order valence-corrected chi connectivity index (χ3v) is 9.41. The molecule has 0 atom stereocenters. The molecule has 6 rings (SSSR count). The van der Waals surface area contributed by atoms with Crippen molar-refractivity contribution in [3.63, 3.8) is 0 Å². The van der Waals surface area contributed by atoms with Gasteiger partial charge < -0.3 is 25.2 Å². The average molecular weight is 531 g/mol. The molecule has 1 amide bonds. The van der Waals surface area contributed by atoms with E-state index in [1.165, 1.54) is 16.8 Å². The van der Waals surface area contributed by atoms with Gasteiger partial charge in [0.05, 0.1) is 16.8 Å². The van der Waals surface area contributed by atoms with Crippen molar-refractivity contribution < 1.29 is 9.53 Å². The molecule has 1 aliphatic carbocycles. The number of carbonyl (C=O) groups excluding carboxylic acids is 1. The van der Waals surface area contributed by atoms with Crippen LogP contribution in [0.15, 0.2) is 48.8 Å². The Bertz CT molecular complexity index is 1300. The minimum atomic E-state index is -0.210. The highest BCUT2D eigenvalue weighted by molar-refractivity contribution is 5.82. The van der Waals surface area contributed by atoms with E-state index in [2.05, 4.69) is 71.3 Å². The summed E-state index contributed by atoms with van der Waals surface area (Å²) >= 11 is 0. The van der Waals surface area contributed by atoms with Gasteiger partial charge in [0.2, 0.25) is 5.91 Å². The van der Waals surface area contributed by atoms with Gasteiger partial charge in [-0.25, -0.2) is 4.52 Å². The summed E-state index contributed by atoms with van der Waals surface area (Å²) < 4.78 is 8.12. The van der Waals surface area contributed by atoms with E-state index in [0.717, 1.165) is 76.0 Å². The molecule has 3 aliphatic rings. The normalized spacial score (nSPS) is 23.8. The number of nitrogens with two attached hydrogens (primary N) is 1. The van der Waals surface area contributed by atoms with Crippen LogP contribution in [0.4, 0.5) is 5.69 Å². The van der Waals surface area contributed by atoms with Gasteiger partial charge in [-0.15, -0.1) is 0 Å². The molecule has 3 aromatic rings. The molecule has 0 bridgehead atoms. The van der Waals surface area contributed by atoms with Crippen LogP contribution in [0, 0.1) is 5.92 Å². The number of methoxy groups -OCH3 is 1. The van der Waals surface area contributed by atoms with E-state index in [4.69, 9.17) is 10.5 Å². The Morgan fingerprint density at radius 3 is 2.31 bits per heavy atom. The number of ether oxygens (including phenoxy) is 1. The molecule has 0 unspecified atom stereocenters. The van der Waals surface area contributed by atoms with E-state index in [1.54, 1.807) is 0 Å². The van der Waals surface area contributed by atoms with Crippen molar-refractivity contribution in [3.05, 3.63) is 54.4 Å². The highest BCUT2D eigenvalue weighted by Gasteiger charge is 2.37. The molecule has 2 aromatic heterocycles. The molecule has 208 valence electrons. The number of hydrogen-bond donors (Lipinski definition) is 1. The minimum absolute atomic E-state index is 0.130. The number of aromatic nitrogens is 2. The SMILES string of the molecule is COC1(c2ccc(-c3cc4c(N5CCN(C(=O)[C@H]6C[C@H](N)C6)CC5)ccnn4c3)cc2)CCN(C(C)C)CC1. The van der Waals surface area contributed by atoms with Crippen molar-refractivity contribution in [2.45, 2.75) is 57.2 Å². The number of nitrogens with zero attached hydrogens (tertiary/aromatic N) is 5. The molecule has 3 fully saturated rings. The van der Waals surface area contributed by atoms with E-state index in [9.17, 15) is 4.79 Å². The fourth-order valence-electron chi connectivity index (χ4n) is 6.69. The number of fused-ring (bicyclic) bond motifs is 1. The molecule has 1 saturated carbocycles. The van der Waals surface area contributed by atoms with Crippen LogP contribution in [0.3, 0.4) is 0 Å². The van der Waals surface area contributed by atoms with Gasteiger partial charge >= 0.3 is 0 Å². The Morgan fingerprint density at radius 2 is 1.69 bits per heavy atom. The topological polar surface area (TPSA) is 79.3 Å². The summed E-state index contributed by atoms with van der Waals surface area (Å²) in [6.07, 6.45) is 7.67. The van der Waals surface area contributed by atoms with Crippen LogP contribution in [0.25, 0.3) is 16.6 Å². The molecule has 0 spiro atoms. The summed E-state index contributed by atoms with van der Waals surface area (Å²) in [5.41, 5.74) is 11.5. The maximum absolute atomic E-state index is 12.8. The van der Waals surface area contributed by atoms with Crippen LogP contribution in [0.1, 0.15) is 45.1 Å². The zero-order valence-electron chi connectivity index (χ0n) is 23.6. The number of anilines is 1. The predicted molar refractivity (Wildman–Crippen MR) is 155 cm³/mol. The van der Waals surface area contributed by atoms with Gasteiger partial charge in [0.15, 0.2) is 0 Å². The molecular formula is C31H42N6O2. The Kier molecular flexibility index (Phi) is 7.12. The van der Waals surface area contributed by atoms with E-state index in [0.29, 0.717) is 6.04 Å². The van der Waals surface area contributed by atoms with Gasteiger partial charge in [0.25, 0.3) is 0 Å². The van der Waals surface area contributed by atoms with E-state index in [1.807, 2.05) is 22.7 Å². The minimum Gasteiger partial charge on any atom is -0.373 e. The van der Waals surface area contributed by atoms with Gasteiger partial charge in [0, 0.05) is 82.3 Å². The molecular weight excluding hydrogens is 488 g/mol. The lowest BCUT2D eigenvalue weighted by Crippen LogP contribution is -2.53. The molecule has 4 heterocycles. The van der Waals surface area contributed by atoms with Crippen LogP contribution in [-0.4, -0.2) is 83.8 Å². The summed E-state index contributed by atoms with van der Waals surface area (Å²) in [6.45, 7) is 9.82. The summed E-state index contributed by atoms with van der Waals surface area (Å²) in [7, 11) is 1.85. The summed E-state index contributed by atoms with van der Waals surface area (Å²) in [6, 6.07) is 14.0. The lowest BCUT2D eigenvalue weighted by atomic mass is 9.80. The van der Waals surface area contributed by atoms with E-state index < -0.39 is 0 Å². The van der Waals surface area contributed by atoms with Crippen LogP contribution < -0.4 is 10.6 Å². The van der Waals surface area contributed by atoms with Crippen molar-refractivity contribution in [2.24, 2.45) is 11.7 Å². The second kappa shape index (κ2) is 10.6. The molecule has 8 nitrogen and oxygen atoms in total. The fourth-order valence-corrected chi connectivity index (χ4v) is 6.69. The average Bonchev–Trinajstić information content (AvgIpc) is 3.40. The number of piperazine rings is 1. The van der Waals surface area contributed by atoms with Crippen molar-refractivity contribution in [1.29, 1.82) is 0 Å². The second-order valence-corrected chi connectivity index (χ2v) is 11.9. The Balaban J connectivity index is 1.17. The summed E-state index contributed by atoms with van der Waals surface area (Å²) in [5.74, 6) is 0.413. The van der Waals surface area contributed by atoms with Crippen molar-refractivity contribution in [2.75, 3.05) is 51.3 Å². The third kappa shape index (κ3) is 4.94. The standard InChI is InChI=1S/C31H42N6O2/c1-22(2)34-12-9-31(39-3,10-13-34)26-6-4-23(5-7-26)25-20-29-28(8-11-33-37(29)21-25)35-14-16-36(17-15-35)30(38)24-18-27(32)19-24/h4-8,11,20-22,24,27H,9-10,12-19,32H2,1-3H3/t24-,27-. The van der Waals surface area contributed by atoms with Crippen LogP contribution >= 0.6 is 0 Å². The number of benzene rings is 1. The Morgan fingerprint density at radius 1 is 1.00 bits per heavy atom. The first kappa shape index (κ1) is 26.3. The summed E-state index contributed by atoms with van der Waals surface area (Å²) in [5, 5.41) is 4.60. The number of rotatable bonds is 6. The van der Waals surface area contributed by atoms with Gasteiger partial charge in [-0.2, -0.15) is 5.10 Å². The van der Waals surface area contributed by atoms with Crippen LogP contribution in [0.5, 0.6) is 0 Å². The zero-order chi connectivity index (χ0) is 27.1. The third-order valence-electron chi connectivity index (χ3n) is 9.41. The smallest absolute Gasteiger partial charge is 0.225 e. The zero-order valence-corrected chi connectivity index (χ0v) is 23.6. The summed E-state index contributed by atoms with van der Waals surface area (Å²) in [4.78, 5) is 19.7. The first-order valence-corrected chi connectivity index (χ1v) is 14.5. The van der Waals surface area contributed by atoms with Gasteiger partial charge in [-0.05, 0) is 62.8 Å². The first-order valence-electron chi connectivity index (χ1n) is 14.5. The Labute approximate surface area is 231 Å². The number of likely N-dealkylation sites (tertiary alicyclic amines) is 1. The monoisotopic (exact) mass is 530 g/mol. The van der Waals surface area contributed by atoms with E-state index >= 15 is 0 Å². The van der Waals surface area contributed by atoms with Crippen LogP contribution in [0.2, 0.25) is 0 Å². The molecule has 1 aromatic carbocycles. The highest BCUT2D eigenvalue weighted by Crippen LogP contribution is 2.38. The van der Waals surface area contributed by atoms with Crippen molar-refractivity contribution in [1.82, 2.24) is 19.4 Å². The first-order chi connectivity index (χ1) is 18.9. The van der Waals surface area contributed by atoms with Crippen molar-refractivity contribution in [3.8, 4) is 11.1 Å². The second-order valence-electron chi connectivity index (χ2n) is 11.9. The molecule has 2 N–H and O–H groups in total. The number of carbonyl (C=O) groups is 1. The molecule has 0 radical (unpaired) electrons. The molecule has 39 heavy (non-hydrogen) atoms. The largest absolute Gasteiger partial charge is 0.373 e. The lowest BCUT2D eigenvalue weighted by molar-refractivity contribution is -0.139. The van der Waals surface area contributed by atoms with Gasteiger partial charge in [-0.1, -0.05) is 24.3 Å². The number of piperidine rings is 1. The predicted octanol–water partition coefficient (Wildman–Crippen LogP) is 3.73. The Hall–Kier alpha value is -2.94. The number of amides is 1. The quantitative estimate of drug-likeness (QED) is 0.523. The molecule has 2 aliphatic heterocycles. The molecule has 8 heteroatoms.